The highest BCUT2D eigenvalue weighted by Crippen LogP contribution is 2.39. The Bertz CT molecular complexity index is 652. The summed E-state index contributed by atoms with van der Waals surface area (Å²) in [6.07, 6.45) is 0. The molecule has 0 atom stereocenters. The number of phenolic OH excluding ortho intramolecular Hbond substituents is 1. The topological polar surface area (TPSA) is 55.8 Å². The second-order valence-electron chi connectivity index (χ2n) is 4.04. The maximum atomic E-state index is 13.1. The molecule has 2 aromatic rings. The van der Waals surface area contributed by atoms with E-state index < -0.39 is 11.6 Å². The molecule has 0 heterocycles. The number of carbonyl (C=O) groups excluding carboxylic acids is 1. The number of phenols is 1. The maximum absolute atomic E-state index is 13.1. The van der Waals surface area contributed by atoms with Crippen molar-refractivity contribution in [3.8, 4) is 17.2 Å². The molecule has 0 aliphatic heterocycles. The van der Waals surface area contributed by atoms with Crippen molar-refractivity contribution in [2.24, 2.45) is 0 Å². The summed E-state index contributed by atoms with van der Waals surface area (Å²) < 4.78 is 23.2. The minimum atomic E-state index is -0.518. The maximum Gasteiger partial charge on any atom is 0.203 e. The van der Waals surface area contributed by atoms with Crippen LogP contribution in [0.25, 0.3) is 0 Å². The van der Waals surface area contributed by atoms with Gasteiger partial charge in [-0.25, -0.2) is 4.39 Å². The van der Waals surface area contributed by atoms with Crippen molar-refractivity contribution >= 4 is 5.78 Å². The molecule has 0 unspecified atom stereocenters. The van der Waals surface area contributed by atoms with Gasteiger partial charge >= 0.3 is 0 Å². The number of ketones is 1. The van der Waals surface area contributed by atoms with E-state index in [0.717, 1.165) is 6.07 Å². The number of halogens is 1. The molecule has 0 aliphatic rings. The summed E-state index contributed by atoms with van der Waals surface area (Å²) in [7, 11) is 2.78. The molecule has 20 heavy (non-hydrogen) atoms. The fourth-order valence-electron chi connectivity index (χ4n) is 1.88. The number of ether oxygens (including phenoxy) is 2. The van der Waals surface area contributed by atoms with Crippen molar-refractivity contribution in [1.82, 2.24) is 0 Å². The average molecular weight is 276 g/mol. The Kier molecular flexibility index (Phi) is 3.89. The van der Waals surface area contributed by atoms with Crippen molar-refractivity contribution in [3.63, 3.8) is 0 Å². The molecule has 0 saturated heterocycles. The van der Waals surface area contributed by atoms with Gasteiger partial charge in [0.15, 0.2) is 17.3 Å². The van der Waals surface area contributed by atoms with Crippen molar-refractivity contribution in [2.75, 3.05) is 14.2 Å². The quantitative estimate of drug-likeness (QED) is 0.872. The Morgan fingerprint density at radius 2 is 1.90 bits per heavy atom. The molecule has 0 bridgehead atoms. The third-order valence-corrected chi connectivity index (χ3v) is 2.85. The number of hydrogen-bond donors (Lipinski definition) is 1. The lowest BCUT2D eigenvalue weighted by Crippen LogP contribution is -2.03. The second kappa shape index (κ2) is 5.61. The summed E-state index contributed by atoms with van der Waals surface area (Å²) in [6.45, 7) is 0. The van der Waals surface area contributed by atoms with E-state index in [1.165, 1.54) is 44.6 Å². The molecule has 104 valence electrons. The lowest BCUT2D eigenvalue weighted by Gasteiger charge is -2.12. The minimum absolute atomic E-state index is 0.0215. The SMILES string of the molecule is COc1ccc(C(=O)c2cccc(F)c2)c(O)c1OC. The van der Waals surface area contributed by atoms with Gasteiger partial charge in [-0.1, -0.05) is 12.1 Å². The molecule has 2 aromatic carbocycles. The fraction of sp³-hybridized carbons (Fsp3) is 0.133. The first-order valence-electron chi connectivity index (χ1n) is 5.82. The second-order valence-corrected chi connectivity index (χ2v) is 4.04. The van der Waals surface area contributed by atoms with Crippen LogP contribution >= 0.6 is 0 Å². The summed E-state index contributed by atoms with van der Waals surface area (Å²) in [4.78, 5) is 12.3. The van der Waals surface area contributed by atoms with Gasteiger partial charge in [-0.2, -0.15) is 0 Å². The number of hydrogen-bond acceptors (Lipinski definition) is 4. The molecule has 0 radical (unpaired) electrons. The summed E-state index contributed by atoms with van der Waals surface area (Å²) in [5.41, 5.74) is 0.167. The molecular weight excluding hydrogens is 263 g/mol. The highest BCUT2D eigenvalue weighted by molar-refractivity contribution is 6.11. The van der Waals surface area contributed by atoms with Gasteiger partial charge in [0.05, 0.1) is 19.8 Å². The minimum Gasteiger partial charge on any atom is -0.504 e. The van der Waals surface area contributed by atoms with Crippen LogP contribution in [-0.4, -0.2) is 25.1 Å². The summed E-state index contributed by atoms with van der Waals surface area (Å²) in [5.74, 6) is -0.976. The monoisotopic (exact) mass is 276 g/mol. The van der Waals surface area contributed by atoms with Gasteiger partial charge in [-0.05, 0) is 24.3 Å². The number of carbonyl (C=O) groups is 1. The van der Waals surface area contributed by atoms with Crippen LogP contribution in [0.2, 0.25) is 0 Å². The van der Waals surface area contributed by atoms with Crippen molar-refractivity contribution in [2.45, 2.75) is 0 Å². The number of aromatic hydroxyl groups is 1. The standard InChI is InChI=1S/C15H13FO4/c1-19-12-7-6-11(14(18)15(12)20-2)13(17)9-4-3-5-10(16)8-9/h3-8,18H,1-2H3. The van der Waals surface area contributed by atoms with E-state index in [-0.39, 0.29) is 22.6 Å². The third kappa shape index (κ3) is 2.42. The Morgan fingerprint density at radius 3 is 2.50 bits per heavy atom. The van der Waals surface area contributed by atoms with Gasteiger partial charge < -0.3 is 14.6 Å². The van der Waals surface area contributed by atoms with Crippen LogP contribution in [0.5, 0.6) is 17.2 Å². The Morgan fingerprint density at radius 1 is 1.15 bits per heavy atom. The Balaban J connectivity index is 2.50. The largest absolute Gasteiger partial charge is 0.504 e. The smallest absolute Gasteiger partial charge is 0.203 e. The lowest BCUT2D eigenvalue weighted by atomic mass is 10.0. The van der Waals surface area contributed by atoms with Crippen LogP contribution in [0.4, 0.5) is 4.39 Å². The molecule has 0 saturated carbocycles. The van der Waals surface area contributed by atoms with Crippen LogP contribution in [0, 0.1) is 5.82 Å². The first-order valence-corrected chi connectivity index (χ1v) is 5.82. The predicted molar refractivity (Wildman–Crippen MR) is 71.0 cm³/mol. The molecule has 0 spiro atoms. The van der Waals surface area contributed by atoms with Gasteiger partial charge in [0, 0.05) is 5.56 Å². The first kappa shape index (κ1) is 13.9. The number of rotatable bonds is 4. The number of benzene rings is 2. The van der Waals surface area contributed by atoms with Crippen molar-refractivity contribution < 1.29 is 23.8 Å². The van der Waals surface area contributed by atoms with Crippen LogP contribution in [0.15, 0.2) is 36.4 Å². The van der Waals surface area contributed by atoms with E-state index >= 15 is 0 Å². The average Bonchev–Trinajstić information content (AvgIpc) is 2.46. The number of methoxy groups -OCH3 is 2. The molecule has 1 N–H and O–H groups in total. The lowest BCUT2D eigenvalue weighted by molar-refractivity contribution is 0.103. The van der Waals surface area contributed by atoms with E-state index in [1.807, 2.05) is 0 Å². The first-order chi connectivity index (χ1) is 9.58. The molecule has 0 amide bonds. The molecule has 5 heteroatoms. The molecular formula is C15H13FO4. The van der Waals surface area contributed by atoms with Gasteiger partial charge in [0.2, 0.25) is 5.75 Å². The summed E-state index contributed by atoms with van der Waals surface area (Å²) in [6, 6.07) is 8.17. The normalized spacial score (nSPS) is 10.2. The fourth-order valence-corrected chi connectivity index (χ4v) is 1.88. The molecule has 0 aromatic heterocycles. The Labute approximate surface area is 115 Å². The molecule has 4 nitrogen and oxygen atoms in total. The summed E-state index contributed by atoms with van der Waals surface area (Å²) >= 11 is 0. The zero-order chi connectivity index (χ0) is 14.7. The van der Waals surface area contributed by atoms with Gasteiger partial charge in [0.1, 0.15) is 5.82 Å². The van der Waals surface area contributed by atoms with E-state index in [9.17, 15) is 14.3 Å². The van der Waals surface area contributed by atoms with E-state index in [4.69, 9.17) is 9.47 Å². The van der Waals surface area contributed by atoms with Crippen LogP contribution in [0.3, 0.4) is 0 Å². The van der Waals surface area contributed by atoms with E-state index in [0.29, 0.717) is 5.75 Å². The third-order valence-electron chi connectivity index (χ3n) is 2.85. The molecule has 0 fully saturated rings. The predicted octanol–water partition coefficient (Wildman–Crippen LogP) is 2.78. The molecule has 2 rings (SSSR count). The highest BCUT2D eigenvalue weighted by Gasteiger charge is 2.20. The van der Waals surface area contributed by atoms with Gasteiger partial charge in [-0.15, -0.1) is 0 Å². The highest BCUT2D eigenvalue weighted by atomic mass is 19.1. The zero-order valence-corrected chi connectivity index (χ0v) is 11.0. The van der Waals surface area contributed by atoms with Crippen molar-refractivity contribution in [3.05, 3.63) is 53.3 Å². The van der Waals surface area contributed by atoms with E-state index in [2.05, 4.69) is 0 Å². The van der Waals surface area contributed by atoms with E-state index in [1.54, 1.807) is 0 Å². The van der Waals surface area contributed by atoms with Gasteiger partial charge in [-0.3, -0.25) is 4.79 Å². The van der Waals surface area contributed by atoms with Crippen LogP contribution in [-0.2, 0) is 0 Å². The van der Waals surface area contributed by atoms with Gasteiger partial charge in [0.25, 0.3) is 0 Å². The zero-order valence-electron chi connectivity index (χ0n) is 11.0. The Hall–Kier alpha value is -2.56. The van der Waals surface area contributed by atoms with Crippen molar-refractivity contribution in [1.29, 1.82) is 0 Å². The summed E-state index contributed by atoms with van der Waals surface area (Å²) in [5, 5.41) is 10.1. The van der Waals surface area contributed by atoms with Crippen LogP contribution in [0.1, 0.15) is 15.9 Å². The molecule has 0 aliphatic carbocycles. The van der Waals surface area contributed by atoms with Crippen LogP contribution < -0.4 is 9.47 Å².